The van der Waals surface area contributed by atoms with Crippen molar-refractivity contribution in [3.63, 3.8) is 0 Å². The van der Waals surface area contributed by atoms with Crippen LogP contribution in [-0.4, -0.2) is 46.7 Å². The third-order valence-corrected chi connectivity index (χ3v) is 8.33. The van der Waals surface area contributed by atoms with Crippen molar-refractivity contribution in [2.24, 2.45) is 16.2 Å². The van der Waals surface area contributed by atoms with E-state index in [1.165, 1.54) is 0 Å². The predicted octanol–water partition coefficient (Wildman–Crippen LogP) is 2.60. The molecular formula is C19H25NO4S. The SMILES string of the molecule is CN=[S@](=O)(C[C@@]1(O)C[C@H]2C=C[C@@H]1CCC21OCCO1)c1ccccc1. The third-order valence-electron chi connectivity index (χ3n) is 5.84. The standard InChI is InChI=1S/C19H25NO4S/c1-20-25(22,17-5-3-2-4-6-17)14-18(21)13-16-8-7-15(18)9-10-19(16)23-11-12-24-19/h2-8,15-16,21H,9-14H2,1H3/t15-,16-,18+,25+/m1/s1. The van der Waals surface area contributed by atoms with Crippen molar-refractivity contribution in [2.75, 3.05) is 26.0 Å². The van der Waals surface area contributed by atoms with E-state index in [1.807, 2.05) is 30.3 Å². The van der Waals surface area contributed by atoms with Gasteiger partial charge in [0.25, 0.3) is 0 Å². The maximum Gasteiger partial charge on any atom is 0.174 e. The number of hydrogen-bond acceptors (Lipinski definition) is 5. The van der Waals surface area contributed by atoms with Gasteiger partial charge in [0.15, 0.2) is 5.79 Å². The monoisotopic (exact) mass is 363 g/mol. The minimum Gasteiger partial charge on any atom is -0.388 e. The van der Waals surface area contributed by atoms with E-state index in [-0.39, 0.29) is 17.6 Å². The van der Waals surface area contributed by atoms with Gasteiger partial charge in [0.2, 0.25) is 0 Å². The van der Waals surface area contributed by atoms with Crippen LogP contribution in [0.25, 0.3) is 0 Å². The molecule has 0 radical (unpaired) electrons. The summed E-state index contributed by atoms with van der Waals surface area (Å²) in [5, 5.41) is 11.5. The Bertz CT molecular complexity index is 778. The number of aliphatic hydroxyl groups is 1. The lowest BCUT2D eigenvalue weighted by atomic mass is 9.77. The average Bonchev–Trinajstić information content (AvgIpc) is 3.00. The molecule has 2 bridgehead atoms. The number of ether oxygens (including phenoxy) is 2. The van der Waals surface area contributed by atoms with Gasteiger partial charge in [-0.1, -0.05) is 30.4 Å². The number of nitrogens with zero attached hydrogens (tertiary/aromatic N) is 1. The lowest BCUT2D eigenvalue weighted by Gasteiger charge is -2.40. The van der Waals surface area contributed by atoms with Crippen LogP contribution in [0.3, 0.4) is 0 Å². The van der Waals surface area contributed by atoms with Gasteiger partial charge in [0.1, 0.15) is 0 Å². The highest BCUT2D eigenvalue weighted by Gasteiger charge is 2.54. The van der Waals surface area contributed by atoms with Gasteiger partial charge in [0, 0.05) is 30.2 Å². The van der Waals surface area contributed by atoms with Gasteiger partial charge in [-0.25, -0.2) is 8.57 Å². The van der Waals surface area contributed by atoms with Gasteiger partial charge < -0.3 is 14.6 Å². The normalized spacial score (nSPS) is 35.4. The molecule has 4 atom stereocenters. The molecule has 3 aliphatic carbocycles. The Hall–Kier alpha value is -1.21. The van der Waals surface area contributed by atoms with Crippen LogP contribution in [0, 0.1) is 11.8 Å². The predicted molar refractivity (Wildman–Crippen MR) is 95.6 cm³/mol. The minimum atomic E-state index is -2.68. The summed E-state index contributed by atoms with van der Waals surface area (Å²) in [5.74, 6) is -0.549. The van der Waals surface area contributed by atoms with E-state index in [2.05, 4.69) is 16.5 Å². The molecule has 1 aromatic rings. The van der Waals surface area contributed by atoms with Gasteiger partial charge in [-0.15, -0.1) is 0 Å². The molecule has 136 valence electrons. The fraction of sp³-hybridized carbons (Fsp3) is 0.579. The summed E-state index contributed by atoms with van der Waals surface area (Å²) < 4.78 is 29.6. The Morgan fingerprint density at radius 2 is 1.88 bits per heavy atom. The number of rotatable bonds is 3. The zero-order valence-electron chi connectivity index (χ0n) is 14.5. The van der Waals surface area contributed by atoms with Crippen LogP contribution in [0.5, 0.6) is 0 Å². The molecule has 0 aromatic heterocycles. The van der Waals surface area contributed by atoms with E-state index in [1.54, 1.807) is 7.05 Å². The first-order valence-corrected chi connectivity index (χ1v) is 10.5. The molecule has 0 unspecified atom stereocenters. The second-order valence-electron chi connectivity index (χ2n) is 7.23. The Kier molecular flexibility index (Phi) is 4.27. The summed E-state index contributed by atoms with van der Waals surface area (Å²) in [5.41, 5.74) is -1.06. The molecule has 0 amide bonds. The first-order chi connectivity index (χ1) is 12.0. The number of hydrogen-bond donors (Lipinski definition) is 1. The Balaban J connectivity index is 1.67. The molecule has 1 aliphatic heterocycles. The van der Waals surface area contributed by atoms with Gasteiger partial charge in [-0.3, -0.25) is 0 Å². The lowest BCUT2D eigenvalue weighted by Crippen LogP contribution is -2.48. The van der Waals surface area contributed by atoms with Crippen molar-refractivity contribution in [1.29, 1.82) is 0 Å². The molecule has 1 saturated heterocycles. The molecule has 25 heavy (non-hydrogen) atoms. The molecule has 5 rings (SSSR count). The van der Waals surface area contributed by atoms with Gasteiger partial charge >= 0.3 is 0 Å². The Morgan fingerprint density at radius 1 is 1.20 bits per heavy atom. The van der Waals surface area contributed by atoms with Crippen molar-refractivity contribution in [2.45, 2.75) is 35.5 Å². The van der Waals surface area contributed by atoms with Gasteiger partial charge in [-0.2, -0.15) is 0 Å². The van der Waals surface area contributed by atoms with E-state index in [0.29, 0.717) is 24.5 Å². The van der Waals surface area contributed by atoms with Crippen LogP contribution < -0.4 is 0 Å². The zero-order valence-corrected chi connectivity index (χ0v) is 15.3. The van der Waals surface area contributed by atoms with Crippen LogP contribution in [0.1, 0.15) is 19.3 Å². The van der Waals surface area contributed by atoms with Crippen LogP contribution in [-0.2, 0) is 19.2 Å². The summed E-state index contributed by atoms with van der Waals surface area (Å²) in [4.78, 5) is 0.679. The summed E-state index contributed by atoms with van der Waals surface area (Å²) in [6, 6.07) is 9.27. The van der Waals surface area contributed by atoms with Gasteiger partial charge in [-0.05, 0) is 25.0 Å². The topological polar surface area (TPSA) is 68.1 Å². The van der Waals surface area contributed by atoms with Crippen molar-refractivity contribution in [1.82, 2.24) is 0 Å². The quantitative estimate of drug-likeness (QED) is 0.838. The summed E-state index contributed by atoms with van der Waals surface area (Å²) in [6.45, 7) is 1.19. The van der Waals surface area contributed by atoms with Crippen molar-refractivity contribution in [3.8, 4) is 0 Å². The van der Waals surface area contributed by atoms with Crippen molar-refractivity contribution < 1.29 is 18.8 Å². The van der Waals surface area contributed by atoms with Gasteiger partial charge in [0.05, 0.1) is 34.3 Å². The molecule has 4 aliphatic rings. The number of fused-ring (bicyclic) bond motifs is 2. The van der Waals surface area contributed by atoms with E-state index in [9.17, 15) is 9.32 Å². The minimum absolute atomic E-state index is 0.0185. The van der Waals surface area contributed by atoms with Crippen molar-refractivity contribution in [3.05, 3.63) is 42.5 Å². The van der Waals surface area contributed by atoms with Crippen molar-refractivity contribution >= 4 is 9.73 Å². The maximum atomic E-state index is 13.5. The highest BCUT2D eigenvalue weighted by molar-refractivity contribution is 7.93. The second kappa shape index (κ2) is 6.20. The average molecular weight is 363 g/mol. The van der Waals surface area contributed by atoms with E-state index in [4.69, 9.17) is 9.47 Å². The van der Waals surface area contributed by atoms with Crippen LogP contribution in [0.2, 0.25) is 0 Å². The lowest BCUT2D eigenvalue weighted by molar-refractivity contribution is -0.191. The highest BCUT2D eigenvalue weighted by Crippen LogP contribution is 2.50. The van der Waals surface area contributed by atoms with E-state index < -0.39 is 21.1 Å². The smallest absolute Gasteiger partial charge is 0.174 e. The maximum absolute atomic E-state index is 13.5. The molecule has 1 N–H and O–H groups in total. The summed E-state index contributed by atoms with van der Waals surface area (Å²) in [7, 11) is -1.10. The molecule has 2 fully saturated rings. The first kappa shape index (κ1) is 17.2. The van der Waals surface area contributed by atoms with Crippen LogP contribution in [0.4, 0.5) is 0 Å². The first-order valence-electron chi connectivity index (χ1n) is 8.86. The number of benzene rings is 1. The van der Waals surface area contributed by atoms with Crippen LogP contribution in [0.15, 0.2) is 51.7 Å². The molecule has 1 heterocycles. The fourth-order valence-electron chi connectivity index (χ4n) is 4.48. The molecule has 1 saturated carbocycles. The molecular weight excluding hydrogens is 338 g/mol. The molecule has 1 spiro atoms. The molecule has 6 heteroatoms. The zero-order chi connectivity index (χ0) is 17.5. The van der Waals surface area contributed by atoms with Crippen LogP contribution >= 0.6 is 0 Å². The third kappa shape index (κ3) is 2.85. The molecule has 5 nitrogen and oxygen atoms in total. The van der Waals surface area contributed by atoms with E-state index in [0.717, 1.165) is 12.8 Å². The highest BCUT2D eigenvalue weighted by atomic mass is 32.2. The fourth-order valence-corrected chi connectivity index (χ4v) is 6.58. The Morgan fingerprint density at radius 3 is 2.56 bits per heavy atom. The summed E-state index contributed by atoms with van der Waals surface area (Å²) in [6.07, 6.45) is 6.19. The molecule has 1 aromatic carbocycles. The largest absolute Gasteiger partial charge is 0.388 e. The second-order valence-corrected chi connectivity index (χ2v) is 9.64. The van der Waals surface area contributed by atoms with E-state index >= 15 is 0 Å². The summed E-state index contributed by atoms with van der Waals surface area (Å²) >= 11 is 0. The Labute approximate surface area is 149 Å².